The molecule has 4 unspecified atom stereocenters. The van der Waals surface area contributed by atoms with Gasteiger partial charge in [-0.25, -0.2) is 0 Å². The van der Waals surface area contributed by atoms with E-state index < -0.39 is 24.1 Å². The van der Waals surface area contributed by atoms with Gasteiger partial charge in [0.05, 0.1) is 6.61 Å². The molecule has 0 radical (unpaired) electrons. The van der Waals surface area contributed by atoms with Gasteiger partial charge >= 0.3 is 0 Å². The summed E-state index contributed by atoms with van der Waals surface area (Å²) in [6, 6.07) is 0. The van der Waals surface area contributed by atoms with Gasteiger partial charge in [-0.3, -0.25) is 0 Å². The number of aliphatic hydroxyl groups excluding tert-OH is 3. The van der Waals surface area contributed by atoms with Crippen LogP contribution in [-0.4, -0.2) is 51.1 Å². The Hall–Kier alpha value is -0.200. The van der Waals surface area contributed by atoms with Crippen LogP contribution in [0.1, 0.15) is 6.92 Å². The van der Waals surface area contributed by atoms with Gasteiger partial charge in [-0.15, -0.1) is 0 Å². The fourth-order valence-corrected chi connectivity index (χ4v) is 0.965. The van der Waals surface area contributed by atoms with Crippen molar-refractivity contribution in [3.8, 4) is 0 Å². The SMILES string of the molecule is CC1(O)OCC(O)C(O)C1O. The van der Waals surface area contributed by atoms with Crippen LogP contribution in [-0.2, 0) is 4.74 Å². The molecular weight excluding hydrogens is 152 g/mol. The average molecular weight is 164 g/mol. The van der Waals surface area contributed by atoms with E-state index in [1.807, 2.05) is 0 Å². The molecule has 4 atom stereocenters. The third kappa shape index (κ3) is 1.52. The van der Waals surface area contributed by atoms with E-state index in [-0.39, 0.29) is 6.61 Å². The molecule has 5 nitrogen and oxygen atoms in total. The standard InChI is InChI=1S/C6H12O5/c1-6(10)5(9)4(8)3(7)2-11-6/h3-5,7-10H,2H2,1H3. The Morgan fingerprint density at radius 2 is 1.91 bits per heavy atom. The van der Waals surface area contributed by atoms with Crippen LogP contribution in [0, 0.1) is 0 Å². The Bertz CT molecular complexity index is 146. The Labute approximate surface area is 63.8 Å². The molecular formula is C6H12O5. The number of rotatable bonds is 0. The lowest BCUT2D eigenvalue weighted by Gasteiger charge is -2.39. The van der Waals surface area contributed by atoms with Gasteiger partial charge < -0.3 is 25.2 Å². The van der Waals surface area contributed by atoms with Crippen molar-refractivity contribution in [3.05, 3.63) is 0 Å². The summed E-state index contributed by atoms with van der Waals surface area (Å²) in [4.78, 5) is 0. The maximum atomic E-state index is 9.19. The molecule has 1 saturated heterocycles. The molecule has 0 amide bonds. The van der Waals surface area contributed by atoms with Crippen LogP contribution in [0.25, 0.3) is 0 Å². The summed E-state index contributed by atoms with van der Waals surface area (Å²) in [7, 11) is 0. The highest BCUT2D eigenvalue weighted by Crippen LogP contribution is 2.22. The molecule has 0 spiro atoms. The monoisotopic (exact) mass is 164 g/mol. The molecule has 66 valence electrons. The zero-order valence-electron chi connectivity index (χ0n) is 6.14. The van der Waals surface area contributed by atoms with Gasteiger partial charge in [-0.2, -0.15) is 0 Å². The first kappa shape index (κ1) is 8.89. The second-order valence-electron chi connectivity index (χ2n) is 2.87. The Morgan fingerprint density at radius 3 is 2.36 bits per heavy atom. The molecule has 0 aromatic heterocycles. The van der Waals surface area contributed by atoms with Crippen LogP contribution >= 0.6 is 0 Å². The van der Waals surface area contributed by atoms with Gasteiger partial charge in [-0.1, -0.05) is 0 Å². The lowest BCUT2D eigenvalue weighted by molar-refractivity contribution is -0.312. The smallest absolute Gasteiger partial charge is 0.191 e. The van der Waals surface area contributed by atoms with Crippen LogP contribution in [0.5, 0.6) is 0 Å². The van der Waals surface area contributed by atoms with Crippen molar-refractivity contribution in [1.82, 2.24) is 0 Å². The summed E-state index contributed by atoms with van der Waals surface area (Å²) < 4.78 is 4.66. The molecule has 1 fully saturated rings. The first-order valence-corrected chi connectivity index (χ1v) is 3.35. The van der Waals surface area contributed by atoms with E-state index >= 15 is 0 Å². The Balaban J connectivity index is 2.67. The zero-order chi connectivity index (χ0) is 8.65. The van der Waals surface area contributed by atoms with Gasteiger partial charge in [0.2, 0.25) is 0 Å². The molecule has 1 rings (SSSR count). The van der Waals surface area contributed by atoms with Crippen LogP contribution in [0.2, 0.25) is 0 Å². The highest BCUT2D eigenvalue weighted by Gasteiger charge is 2.44. The van der Waals surface area contributed by atoms with Gasteiger partial charge in [0.15, 0.2) is 5.79 Å². The Kier molecular flexibility index (Phi) is 2.17. The second kappa shape index (κ2) is 2.69. The van der Waals surface area contributed by atoms with Crippen LogP contribution in [0.15, 0.2) is 0 Å². The number of ether oxygens (including phenoxy) is 1. The molecule has 0 bridgehead atoms. The average Bonchev–Trinajstić information content (AvgIpc) is 1.95. The van der Waals surface area contributed by atoms with Crippen molar-refractivity contribution >= 4 is 0 Å². The van der Waals surface area contributed by atoms with Crippen LogP contribution in [0.4, 0.5) is 0 Å². The van der Waals surface area contributed by atoms with Crippen molar-refractivity contribution in [1.29, 1.82) is 0 Å². The van der Waals surface area contributed by atoms with E-state index in [4.69, 9.17) is 15.3 Å². The summed E-state index contributed by atoms with van der Waals surface area (Å²) in [5, 5.41) is 36.3. The highest BCUT2D eigenvalue weighted by atomic mass is 16.6. The lowest BCUT2D eigenvalue weighted by atomic mass is 9.98. The molecule has 0 aromatic rings. The summed E-state index contributed by atoms with van der Waals surface area (Å²) >= 11 is 0. The van der Waals surface area contributed by atoms with Gasteiger partial charge in [0, 0.05) is 0 Å². The number of aliphatic hydroxyl groups is 4. The molecule has 4 N–H and O–H groups in total. The van der Waals surface area contributed by atoms with Crippen molar-refractivity contribution in [3.63, 3.8) is 0 Å². The van der Waals surface area contributed by atoms with E-state index in [0.29, 0.717) is 0 Å². The number of hydrogen-bond acceptors (Lipinski definition) is 5. The predicted molar refractivity (Wildman–Crippen MR) is 34.6 cm³/mol. The maximum absolute atomic E-state index is 9.19. The van der Waals surface area contributed by atoms with Crippen molar-refractivity contribution in [2.45, 2.75) is 31.0 Å². The molecule has 1 aliphatic rings. The lowest BCUT2D eigenvalue weighted by Crippen LogP contribution is -2.59. The van der Waals surface area contributed by atoms with Crippen molar-refractivity contribution in [2.24, 2.45) is 0 Å². The minimum atomic E-state index is -1.77. The summed E-state index contributed by atoms with van der Waals surface area (Å²) in [5.41, 5.74) is 0. The fraction of sp³-hybridized carbons (Fsp3) is 1.00. The normalized spacial score (nSPS) is 52.6. The topological polar surface area (TPSA) is 90.2 Å². The van der Waals surface area contributed by atoms with E-state index in [2.05, 4.69) is 4.74 Å². The minimum Gasteiger partial charge on any atom is -0.388 e. The molecule has 5 heteroatoms. The fourth-order valence-electron chi connectivity index (χ4n) is 0.965. The van der Waals surface area contributed by atoms with E-state index in [0.717, 1.165) is 0 Å². The van der Waals surface area contributed by atoms with Gasteiger partial charge in [0.25, 0.3) is 0 Å². The first-order valence-electron chi connectivity index (χ1n) is 3.35. The van der Waals surface area contributed by atoms with Crippen LogP contribution < -0.4 is 0 Å². The third-order valence-corrected chi connectivity index (χ3v) is 1.81. The van der Waals surface area contributed by atoms with E-state index in [1.54, 1.807) is 0 Å². The molecule has 11 heavy (non-hydrogen) atoms. The molecule has 0 aromatic carbocycles. The largest absolute Gasteiger partial charge is 0.388 e. The molecule has 0 aliphatic carbocycles. The predicted octanol–water partition coefficient (Wildman–Crippen LogP) is -2.19. The van der Waals surface area contributed by atoms with E-state index in [9.17, 15) is 5.11 Å². The van der Waals surface area contributed by atoms with Crippen molar-refractivity contribution in [2.75, 3.05) is 6.61 Å². The molecule has 0 saturated carbocycles. The summed E-state index contributed by atoms with van der Waals surface area (Å²) in [6.07, 6.45) is -3.95. The second-order valence-corrected chi connectivity index (χ2v) is 2.87. The third-order valence-electron chi connectivity index (χ3n) is 1.81. The number of hydrogen-bond donors (Lipinski definition) is 4. The summed E-state index contributed by atoms with van der Waals surface area (Å²) in [5.74, 6) is -1.77. The quantitative estimate of drug-likeness (QED) is 0.326. The van der Waals surface area contributed by atoms with Crippen molar-refractivity contribution < 1.29 is 25.2 Å². The van der Waals surface area contributed by atoms with Crippen LogP contribution in [0.3, 0.4) is 0 Å². The van der Waals surface area contributed by atoms with Gasteiger partial charge in [0.1, 0.15) is 18.3 Å². The summed E-state index contributed by atoms with van der Waals surface area (Å²) in [6.45, 7) is 1.05. The highest BCUT2D eigenvalue weighted by molar-refractivity contribution is 4.88. The van der Waals surface area contributed by atoms with Gasteiger partial charge in [-0.05, 0) is 6.92 Å². The Morgan fingerprint density at radius 1 is 1.36 bits per heavy atom. The molecule has 1 aliphatic heterocycles. The van der Waals surface area contributed by atoms with E-state index in [1.165, 1.54) is 6.92 Å². The zero-order valence-corrected chi connectivity index (χ0v) is 6.14. The maximum Gasteiger partial charge on any atom is 0.191 e. The first-order chi connectivity index (χ1) is 4.95. The minimum absolute atomic E-state index is 0.175. The molecule has 1 heterocycles.